The summed E-state index contributed by atoms with van der Waals surface area (Å²) in [6.45, 7) is 2.22. The Hall–Kier alpha value is -1.02. The van der Waals surface area contributed by atoms with Crippen molar-refractivity contribution in [2.75, 3.05) is 12.4 Å². The largest absolute Gasteiger partial charge is 0.382 e. The Kier molecular flexibility index (Phi) is 2.17. The zero-order valence-corrected chi connectivity index (χ0v) is 9.29. The van der Waals surface area contributed by atoms with Crippen molar-refractivity contribution < 1.29 is 0 Å². The van der Waals surface area contributed by atoms with Crippen molar-refractivity contribution in [2.24, 2.45) is 0 Å². The van der Waals surface area contributed by atoms with Crippen LogP contribution in [-0.2, 0) is 13.1 Å². The van der Waals surface area contributed by atoms with Crippen molar-refractivity contribution in [2.45, 2.75) is 38.4 Å². The molecule has 80 valence electrons. The normalized spacial score (nSPS) is 21.1. The third-order valence-electron chi connectivity index (χ3n) is 3.56. The zero-order chi connectivity index (χ0) is 10.3. The number of fused-ring (bicyclic) bond motifs is 1. The van der Waals surface area contributed by atoms with E-state index in [0.717, 1.165) is 19.1 Å². The van der Waals surface area contributed by atoms with Crippen LogP contribution in [0.25, 0.3) is 0 Å². The highest BCUT2D eigenvalue weighted by molar-refractivity contribution is 5.50. The summed E-state index contributed by atoms with van der Waals surface area (Å²) in [7, 11) is 2.18. The molecule has 0 radical (unpaired) electrons. The van der Waals surface area contributed by atoms with E-state index in [2.05, 4.69) is 35.5 Å². The monoisotopic (exact) mass is 202 g/mol. The summed E-state index contributed by atoms with van der Waals surface area (Å²) in [5.74, 6) is 0. The molecule has 0 aromatic heterocycles. The maximum atomic E-state index is 3.60. The molecule has 1 aliphatic carbocycles. The van der Waals surface area contributed by atoms with Crippen LogP contribution >= 0.6 is 0 Å². The first-order valence-corrected chi connectivity index (χ1v) is 5.88. The Labute approximate surface area is 91.3 Å². The third-order valence-corrected chi connectivity index (χ3v) is 3.56. The Morgan fingerprint density at radius 3 is 2.73 bits per heavy atom. The first kappa shape index (κ1) is 9.22. The maximum Gasteiger partial charge on any atom is 0.0345 e. The molecule has 0 spiro atoms. The lowest BCUT2D eigenvalue weighted by Gasteiger charge is -2.27. The summed E-state index contributed by atoms with van der Waals surface area (Å²) in [6.07, 6.45) is 4.08. The Bertz CT molecular complexity index is 369. The van der Waals surface area contributed by atoms with Crippen molar-refractivity contribution in [1.29, 1.82) is 0 Å². The molecule has 1 aliphatic heterocycles. The van der Waals surface area contributed by atoms with Gasteiger partial charge in [0, 0.05) is 24.8 Å². The van der Waals surface area contributed by atoms with Gasteiger partial charge in [-0.25, -0.2) is 0 Å². The van der Waals surface area contributed by atoms with Gasteiger partial charge < -0.3 is 5.32 Å². The van der Waals surface area contributed by atoms with Gasteiger partial charge in [0.15, 0.2) is 0 Å². The van der Waals surface area contributed by atoms with E-state index in [-0.39, 0.29) is 0 Å². The number of hydrogen-bond acceptors (Lipinski definition) is 2. The van der Waals surface area contributed by atoms with Gasteiger partial charge in [-0.2, -0.15) is 0 Å². The number of anilines is 1. The standard InChI is InChI=1S/C13H18N2/c1-15-8-10-5-6-13(7-11(10)9-15)14-12-3-2-4-12/h5-7,12,14H,2-4,8-9H2,1H3. The minimum Gasteiger partial charge on any atom is -0.382 e. The van der Waals surface area contributed by atoms with Gasteiger partial charge >= 0.3 is 0 Å². The van der Waals surface area contributed by atoms with Crippen LogP contribution in [0.5, 0.6) is 0 Å². The van der Waals surface area contributed by atoms with E-state index >= 15 is 0 Å². The molecule has 2 nitrogen and oxygen atoms in total. The fourth-order valence-corrected chi connectivity index (χ4v) is 2.44. The molecule has 0 bridgehead atoms. The highest BCUT2D eigenvalue weighted by Gasteiger charge is 2.19. The molecule has 0 atom stereocenters. The molecule has 1 N–H and O–H groups in total. The highest BCUT2D eigenvalue weighted by atomic mass is 15.1. The van der Waals surface area contributed by atoms with E-state index in [1.54, 1.807) is 0 Å². The van der Waals surface area contributed by atoms with Crippen LogP contribution in [0.15, 0.2) is 18.2 Å². The van der Waals surface area contributed by atoms with Crippen molar-refractivity contribution in [3.8, 4) is 0 Å². The van der Waals surface area contributed by atoms with Gasteiger partial charge in [0.2, 0.25) is 0 Å². The van der Waals surface area contributed by atoms with Crippen molar-refractivity contribution >= 4 is 5.69 Å². The molecular weight excluding hydrogens is 184 g/mol. The van der Waals surface area contributed by atoms with Crippen LogP contribution in [0.1, 0.15) is 30.4 Å². The Morgan fingerprint density at radius 2 is 2.00 bits per heavy atom. The number of nitrogens with zero attached hydrogens (tertiary/aromatic N) is 1. The van der Waals surface area contributed by atoms with Crippen LogP contribution in [0, 0.1) is 0 Å². The number of hydrogen-bond donors (Lipinski definition) is 1. The van der Waals surface area contributed by atoms with Crippen LogP contribution in [0.4, 0.5) is 5.69 Å². The Balaban J connectivity index is 1.77. The minimum absolute atomic E-state index is 0.738. The number of rotatable bonds is 2. The molecule has 1 saturated carbocycles. The molecule has 1 fully saturated rings. The maximum absolute atomic E-state index is 3.60. The van der Waals surface area contributed by atoms with Crippen LogP contribution in [0.3, 0.4) is 0 Å². The van der Waals surface area contributed by atoms with Gasteiger partial charge in [0.1, 0.15) is 0 Å². The Morgan fingerprint density at radius 1 is 1.20 bits per heavy atom. The van der Waals surface area contributed by atoms with Gasteiger partial charge in [-0.05, 0) is 49.6 Å². The number of benzene rings is 1. The minimum atomic E-state index is 0.738. The van der Waals surface area contributed by atoms with Crippen LogP contribution in [-0.4, -0.2) is 18.0 Å². The summed E-state index contributed by atoms with van der Waals surface area (Å²) in [6, 6.07) is 7.58. The van der Waals surface area contributed by atoms with E-state index in [9.17, 15) is 0 Å². The van der Waals surface area contributed by atoms with Gasteiger partial charge in [-0.3, -0.25) is 4.90 Å². The lowest BCUT2D eigenvalue weighted by atomic mass is 9.93. The summed E-state index contributed by atoms with van der Waals surface area (Å²) < 4.78 is 0. The van der Waals surface area contributed by atoms with E-state index in [0.29, 0.717) is 0 Å². The van der Waals surface area contributed by atoms with Crippen molar-refractivity contribution in [3.63, 3.8) is 0 Å². The van der Waals surface area contributed by atoms with Crippen molar-refractivity contribution in [1.82, 2.24) is 4.90 Å². The molecule has 0 amide bonds. The molecule has 3 rings (SSSR count). The molecule has 1 aromatic rings. The summed E-state index contributed by atoms with van der Waals surface area (Å²) >= 11 is 0. The molecule has 15 heavy (non-hydrogen) atoms. The lowest BCUT2D eigenvalue weighted by molar-refractivity contribution is 0.353. The van der Waals surface area contributed by atoms with Gasteiger partial charge in [0.25, 0.3) is 0 Å². The topological polar surface area (TPSA) is 15.3 Å². The second-order valence-corrected chi connectivity index (χ2v) is 4.93. The van der Waals surface area contributed by atoms with E-state index in [4.69, 9.17) is 0 Å². The van der Waals surface area contributed by atoms with E-state index < -0.39 is 0 Å². The molecule has 0 unspecified atom stereocenters. The second kappa shape index (κ2) is 3.53. The first-order valence-electron chi connectivity index (χ1n) is 5.88. The van der Waals surface area contributed by atoms with E-state index in [1.165, 1.54) is 36.1 Å². The van der Waals surface area contributed by atoms with E-state index in [1.807, 2.05) is 0 Å². The fraction of sp³-hybridized carbons (Fsp3) is 0.538. The van der Waals surface area contributed by atoms with Crippen molar-refractivity contribution in [3.05, 3.63) is 29.3 Å². The molecular formula is C13H18N2. The molecule has 0 saturated heterocycles. The van der Waals surface area contributed by atoms with Crippen LogP contribution in [0.2, 0.25) is 0 Å². The highest BCUT2D eigenvalue weighted by Crippen LogP contribution is 2.27. The molecule has 2 heteroatoms. The lowest BCUT2D eigenvalue weighted by Crippen LogP contribution is -2.26. The average Bonchev–Trinajstić information content (AvgIpc) is 2.50. The summed E-state index contributed by atoms with van der Waals surface area (Å²) in [4.78, 5) is 2.36. The average molecular weight is 202 g/mol. The van der Waals surface area contributed by atoms with Gasteiger partial charge in [-0.1, -0.05) is 6.07 Å². The summed E-state index contributed by atoms with van der Waals surface area (Å²) in [5, 5.41) is 3.60. The quantitative estimate of drug-likeness (QED) is 0.793. The predicted octanol–water partition coefficient (Wildman–Crippen LogP) is 2.60. The predicted molar refractivity (Wildman–Crippen MR) is 62.9 cm³/mol. The first-order chi connectivity index (χ1) is 7.31. The smallest absolute Gasteiger partial charge is 0.0345 e. The third kappa shape index (κ3) is 1.74. The summed E-state index contributed by atoms with van der Waals surface area (Å²) in [5.41, 5.74) is 4.31. The van der Waals surface area contributed by atoms with Gasteiger partial charge in [-0.15, -0.1) is 0 Å². The molecule has 1 heterocycles. The van der Waals surface area contributed by atoms with Crippen LogP contribution < -0.4 is 5.32 Å². The zero-order valence-electron chi connectivity index (χ0n) is 9.29. The van der Waals surface area contributed by atoms with Gasteiger partial charge in [0.05, 0.1) is 0 Å². The fourth-order valence-electron chi connectivity index (χ4n) is 2.44. The second-order valence-electron chi connectivity index (χ2n) is 4.93. The SMILES string of the molecule is CN1Cc2ccc(NC3CCC3)cc2C1. The molecule has 1 aromatic carbocycles. The molecule has 2 aliphatic rings. The number of nitrogens with one attached hydrogen (secondary N) is 1.